The van der Waals surface area contributed by atoms with Crippen LogP contribution in [-0.2, 0) is 13.0 Å². The molecule has 0 amide bonds. The van der Waals surface area contributed by atoms with Crippen LogP contribution in [0.3, 0.4) is 0 Å². The summed E-state index contributed by atoms with van der Waals surface area (Å²) in [4.78, 5) is 0. The highest BCUT2D eigenvalue weighted by molar-refractivity contribution is 5.35. The van der Waals surface area contributed by atoms with Gasteiger partial charge in [-0.25, -0.2) is 0 Å². The highest BCUT2D eigenvalue weighted by Crippen LogP contribution is 2.27. The Morgan fingerprint density at radius 1 is 1.35 bits per heavy atom. The van der Waals surface area contributed by atoms with E-state index in [2.05, 4.69) is 17.2 Å². The molecule has 1 N–H and O–H groups in total. The van der Waals surface area contributed by atoms with Gasteiger partial charge in [-0.1, -0.05) is 30.3 Å². The van der Waals surface area contributed by atoms with Crippen LogP contribution in [0.2, 0.25) is 0 Å². The van der Waals surface area contributed by atoms with Crippen molar-refractivity contribution < 1.29 is 5.11 Å². The van der Waals surface area contributed by atoms with E-state index in [0.29, 0.717) is 5.75 Å². The van der Waals surface area contributed by atoms with Gasteiger partial charge < -0.3 is 5.11 Å². The smallest absolute Gasteiger partial charge is 0.119 e. The largest absolute Gasteiger partial charge is 0.508 e. The first-order chi connectivity index (χ1) is 8.20. The molecule has 1 aromatic heterocycles. The highest BCUT2D eigenvalue weighted by Gasteiger charge is 2.12. The van der Waals surface area contributed by atoms with Gasteiger partial charge in [0, 0.05) is 12.7 Å². The molecule has 0 radical (unpaired) electrons. The summed E-state index contributed by atoms with van der Waals surface area (Å²) in [6.07, 6.45) is 2.74. The molecule has 1 unspecified atom stereocenters. The lowest BCUT2D eigenvalue weighted by molar-refractivity contribution is 0.462. The number of hydrogen-bond donors (Lipinski definition) is 1. The van der Waals surface area contributed by atoms with Gasteiger partial charge in [-0.15, -0.1) is 5.10 Å². The fourth-order valence-electron chi connectivity index (χ4n) is 1.91. The Bertz CT molecular complexity index is 493. The second-order valence-corrected chi connectivity index (χ2v) is 4.23. The maximum absolute atomic E-state index is 9.77. The van der Waals surface area contributed by atoms with Gasteiger partial charge >= 0.3 is 0 Å². The zero-order valence-corrected chi connectivity index (χ0v) is 10.2. The van der Waals surface area contributed by atoms with Crippen LogP contribution in [0.4, 0.5) is 0 Å². The molecular weight excluding hydrogens is 214 g/mol. The molecule has 17 heavy (non-hydrogen) atoms. The number of hydrogen-bond acceptors (Lipinski definition) is 3. The van der Waals surface area contributed by atoms with E-state index in [-0.39, 0.29) is 5.92 Å². The molecular formula is C13H17N3O. The number of para-hydroxylation sites is 1. The summed E-state index contributed by atoms with van der Waals surface area (Å²) in [6, 6.07) is 7.44. The van der Waals surface area contributed by atoms with Gasteiger partial charge in [0.1, 0.15) is 5.75 Å². The SMILES string of the molecule is CCn1cc(CC(C)c2ccccc2O)nn1. The number of benzene rings is 1. The van der Waals surface area contributed by atoms with E-state index in [0.717, 1.165) is 24.2 Å². The quantitative estimate of drug-likeness (QED) is 0.878. The van der Waals surface area contributed by atoms with Gasteiger partial charge in [-0.05, 0) is 30.9 Å². The Morgan fingerprint density at radius 3 is 2.76 bits per heavy atom. The molecule has 1 atom stereocenters. The van der Waals surface area contributed by atoms with Gasteiger partial charge in [0.15, 0.2) is 0 Å². The van der Waals surface area contributed by atoms with Crippen molar-refractivity contribution in [2.45, 2.75) is 32.7 Å². The molecule has 1 heterocycles. The van der Waals surface area contributed by atoms with Crippen LogP contribution in [0.15, 0.2) is 30.5 Å². The minimum atomic E-state index is 0.234. The normalized spacial score (nSPS) is 12.6. The minimum Gasteiger partial charge on any atom is -0.508 e. The van der Waals surface area contributed by atoms with Crippen LogP contribution in [0, 0.1) is 0 Å². The van der Waals surface area contributed by atoms with Crippen molar-refractivity contribution in [2.75, 3.05) is 0 Å². The minimum absolute atomic E-state index is 0.234. The van der Waals surface area contributed by atoms with Crippen molar-refractivity contribution in [3.8, 4) is 5.75 Å². The number of rotatable bonds is 4. The number of aromatic hydroxyl groups is 1. The number of phenolic OH excluding ortho intramolecular Hbond substituents is 1. The van der Waals surface area contributed by atoms with Crippen LogP contribution in [0.5, 0.6) is 5.75 Å². The molecule has 0 spiro atoms. The molecule has 0 aliphatic heterocycles. The molecule has 1 aromatic carbocycles. The Kier molecular flexibility index (Phi) is 3.42. The van der Waals surface area contributed by atoms with Crippen molar-refractivity contribution in [3.63, 3.8) is 0 Å². The van der Waals surface area contributed by atoms with Crippen LogP contribution in [-0.4, -0.2) is 20.1 Å². The molecule has 0 saturated heterocycles. The highest BCUT2D eigenvalue weighted by atomic mass is 16.3. The summed E-state index contributed by atoms with van der Waals surface area (Å²) in [7, 11) is 0. The van der Waals surface area contributed by atoms with E-state index in [9.17, 15) is 5.11 Å². The summed E-state index contributed by atoms with van der Waals surface area (Å²) in [6.45, 7) is 4.95. The fourth-order valence-corrected chi connectivity index (χ4v) is 1.91. The molecule has 2 aromatic rings. The molecule has 2 rings (SSSR count). The second kappa shape index (κ2) is 4.99. The van der Waals surface area contributed by atoms with E-state index < -0.39 is 0 Å². The molecule has 4 nitrogen and oxygen atoms in total. The summed E-state index contributed by atoms with van der Waals surface area (Å²) < 4.78 is 1.81. The lowest BCUT2D eigenvalue weighted by atomic mass is 9.96. The first kappa shape index (κ1) is 11.6. The van der Waals surface area contributed by atoms with Crippen LogP contribution in [0.25, 0.3) is 0 Å². The summed E-state index contributed by atoms with van der Waals surface area (Å²) in [5, 5.41) is 17.9. The standard InChI is InChI=1S/C13H17N3O/c1-3-16-9-11(14-15-16)8-10(2)12-6-4-5-7-13(12)17/h4-7,9-10,17H,3,8H2,1-2H3. The monoisotopic (exact) mass is 231 g/mol. The predicted octanol–water partition coefficient (Wildman–Crippen LogP) is 2.35. The third-order valence-corrected chi connectivity index (χ3v) is 2.89. The second-order valence-electron chi connectivity index (χ2n) is 4.23. The molecule has 90 valence electrons. The Hall–Kier alpha value is -1.84. The van der Waals surface area contributed by atoms with Gasteiger partial charge in [0.25, 0.3) is 0 Å². The van der Waals surface area contributed by atoms with Crippen molar-refractivity contribution in [3.05, 3.63) is 41.7 Å². The Morgan fingerprint density at radius 2 is 2.12 bits per heavy atom. The Balaban J connectivity index is 2.11. The molecule has 0 aliphatic rings. The van der Waals surface area contributed by atoms with Crippen molar-refractivity contribution >= 4 is 0 Å². The number of aromatic nitrogens is 3. The third-order valence-electron chi connectivity index (χ3n) is 2.89. The van der Waals surface area contributed by atoms with Crippen LogP contribution >= 0.6 is 0 Å². The maximum Gasteiger partial charge on any atom is 0.119 e. The number of nitrogens with zero attached hydrogens (tertiary/aromatic N) is 3. The first-order valence-electron chi connectivity index (χ1n) is 5.87. The summed E-state index contributed by atoms with van der Waals surface area (Å²) in [5.74, 6) is 0.584. The Labute approximate surface area is 101 Å². The van der Waals surface area contributed by atoms with Crippen LogP contribution < -0.4 is 0 Å². The third kappa shape index (κ3) is 2.64. The number of aryl methyl sites for hydroxylation is 1. The van der Waals surface area contributed by atoms with Gasteiger partial charge in [0.2, 0.25) is 0 Å². The fraction of sp³-hybridized carbons (Fsp3) is 0.385. The average molecular weight is 231 g/mol. The van der Waals surface area contributed by atoms with Gasteiger partial charge in [0.05, 0.1) is 5.69 Å². The topological polar surface area (TPSA) is 50.9 Å². The lowest BCUT2D eigenvalue weighted by Crippen LogP contribution is -1.99. The molecule has 0 saturated carbocycles. The molecule has 0 fully saturated rings. The van der Waals surface area contributed by atoms with E-state index in [1.54, 1.807) is 6.07 Å². The van der Waals surface area contributed by atoms with E-state index in [1.165, 1.54) is 0 Å². The van der Waals surface area contributed by atoms with Crippen LogP contribution in [0.1, 0.15) is 31.0 Å². The molecule has 4 heteroatoms. The summed E-state index contributed by atoms with van der Waals surface area (Å²) in [5.41, 5.74) is 1.92. The van der Waals surface area contributed by atoms with E-state index >= 15 is 0 Å². The van der Waals surface area contributed by atoms with Crippen molar-refractivity contribution in [2.24, 2.45) is 0 Å². The molecule has 0 bridgehead atoms. The zero-order valence-electron chi connectivity index (χ0n) is 10.2. The predicted molar refractivity (Wildman–Crippen MR) is 65.9 cm³/mol. The number of phenols is 1. The first-order valence-corrected chi connectivity index (χ1v) is 5.87. The summed E-state index contributed by atoms with van der Waals surface area (Å²) >= 11 is 0. The van der Waals surface area contributed by atoms with Gasteiger partial charge in [-0.3, -0.25) is 4.68 Å². The van der Waals surface area contributed by atoms with E-state index in [1.807, 2.05) is 36.0 Å². The maximum atomic E-state index is 9.77. The molecule has 0 aliphatic carbocycles. The van der Waals surface area contributed by atoms with Gasteiger partial charge in [-0.2, -0.15) is 0 Å². The van der Waals surface area contributed by atoms with Crippen molar-refractivity contribution in [1.29, 1.82) is 0 Å². The lowest BCUT2D eigenvalue weighted by Gasteiger charge is -2.11. The average Bonchev–Trinajstić information content (AvgIpc) is 2.77. The van der Waals surface area contributed by atoms with E-state index in [4.69, 9.17) is 0 Å². The van der Waals surface area contributed by atoms with Crippen molar-refractivity contribution in [1.82, 2.24) is 15.0 Å². The zero-order chi connectivity index (χ0) is 12.3.